The van der Waals surface area contributed by atoms with Gasteiger partial charge in [-0.25, -0.2) is 13.2 Å². The van der Waals surface area contributed by atoms with E-state index in [1.165, 1.54) is 25.4 Å². The summed E-state index contributed by atoms with van der Waals surface area (Å²) in [5.41, 5.74) is 1.72. The van der Waals surface area contributed by atoms with Crippen molar-refractivity contribution in [1.29, 1.82) is 0 Å². The molecule has 0 bridgehead atoms. The predicted molar refractivity (Wildman–Crippen MR) is 89.4 cm³/mol. The highest BCUT2D eigenvalue weighted by Crippen LogP contribution is 2.24. The number of methoxy groups -OCH3 is 1. The number of sulfonamides is 1. The Morgan fingerprint density at radius 1 is 1.29 bits per heavy atom. The van der Waals surface area contributed by atoms with Crippen LogP contribution in [-0.4, -0.2) is 31.5 Å². The summed E-state index contributed by atoms with van der Waals surface area (Å²) in [7, 11) is -2.61. The zero-order valence-electron chi connectivity index (χ0n) is 13.0. The van der Waals surface area contributed by atoms with Crippen LogP contribution in [0.25, 0.3) is 10.9 Å². The van der Waals surface area contributed by atoms with E-state index in [0.717, 1.165) is 10.9 Å². The number of aryl methyl sites for hydroxylation is 1. The lowest BCUT2D eigenvalue weighted by atomic mass is 10.2. The van der Waals surface area contributed by atoms with Crippen LogP contribution in [0.4, 0.5) is 5.69 Å². The van der Waals surface area contributed by atoms with Crippen molar-refractivity contribution in [2.75, 3.05) is 11.8 Å². The quantitative estimate of drug-likeness (QED) is 0.707. The molecule has 2 N–H and O–H groups in total. The first-order chi connectivity index (χ1) is 11.4. The maximum Gasteiger partial charge on any atom is 0.354 e. The van der Waals surface area contributed by atoms with E-state index in [9.17, 15) is 13.2 Å². The van der Waals surface area contributed by atoms with Gasteiger partial charge in [-0.3, -0.25) is 9.71 Å². The van der Waals surface area contributed by atoms with Crippen LogP contribution in [0, 0.1) is 6.92 Å². The number of aromatic nitrogens is 2. The van der Waals surface area contributed by atoms with Gasteiger partial charge in [0.25, 0.3) is 10.0 Å². The monoisotopic (exact) mass is 345 g/mol. The summed E-state index contributed by atoms with van der Waals surface area (Å²) in [6, 6.07) is 8.19. The molecule has 24 heavy (non-hydrogen) atoms. The first kappa shape index (κ1) is 16.0. The summed E-state index contributed by atoms with van der Waals surface area (Å²) in [4.78, 5) is 18.4. The van der Waals surface area contributed by atoms with Gasteiger partial charge < -0.3 is 9.72 Å². The molecule has 0 aliphatic carbocycles. The van der Waals surface area contributed by atoms with E-state index >= 15 is 0 Å². The molecule has 8 heteroatoms. The van der Waals surface area contributed by atoms with Gasteiger partial charge in [-0.05, 0) is 30.7 Å². The van der Waals surface area contributed by atoms with Gasteiger partial charge in [0.1, 0.15) is 10.6 Å². The van der Waals surface area contributed by atoms with Crippen molar-refractivity contribution in [2.45, 2.75) is 11.8 Å². The number of pyridine rings is 1. The number of esters is 1. The van der Waals surface area contributed by atoms with Crippen LogP contribution in [-0.2, 0) is 14.8 Å². The van der Waals surface area contributed by atoms with Crippen LogP contribution in [0.1, 0.15) is 16.1 Å². The van der Waals surface area contributed by atoms with Gasteiger partial charge in [0.15, 0.2) is 0 Å². The number of hydrogen-bond donors (Lipinski definition) is 2. The van der Waals surface area contributed by atoms with Crippen LogP contribution in [0.3, 0.4) is 0 Å². The van der Waals surface area contributed by atoms with Crippen LogP contribution >= 0.6 is 0 Å². The molecular weight excluding hydrogens is 330 g/mol. The first-order valence-electron chi connectivity index (χ1n) is 7.05. The highest BCUT2D eigenvalue weighted by molar-refractivity contribution is 7.93. The number of fused-ring (bicyclic) bond motifs is 1. The maximum absolute atomic E-state index is 12.7. The van der Waals surface area contributed by atoms with Gasteiger partial charge in [0.05, 0.1) is 18.3 Å². The molecule has 1 aromatic carbocycles. The molecule has 0 radical (unpaired) electrons. The van der Waals surface area contributed by atoms with Crippen molar-refractivity contribution < 1.29 is 17.9 Å². The highest BCUT2D eigenvalue weighted by Gasteiger charge is 2.20. The van der Waals surface area contributed by atoms with Crippen LogP contribution in [0.2, 0.25) is 0 Å². The number of H-pyrrole nitrogens is 1. The molecule has 2 aromatic heterocycles. The molecule has 0 saturated heterocycles. The van der Waals surface area contributed by atoms with Gasteiger partial charge >= 0.3 is 5.97 Å². The van der Waals surface area contributed by atoms with Crippen molar-refractivity contribution in [3.63, 3.8) is 0 Å². The average molecular weight is 345 g/mol. The molecule has 0 atom stereocenters. The number of hydrogen-bond acceptors (Lipinski definition) is 5. The Labute approximate surface area is 138 Å². The van der Waals surface area contributed by atoms with Crippen molar-refractivity contribution in [1.82, 2.24) is 9.97 Å². The summed E-state index contributed by atoms with van der Waals surface area (Å²) in [6.07, 6.45) is 3.00. The molecule has 0 aliphatic heterocycles. The Balaban J connectivity index is 1.99. The molecule has 0 amide bonds. The van der Waals surface area contributed by atoms with E-state index in [1.54, 1.807) is 18.3 Å². The predicted octanol–water partition coefficient (Wildman–Crippen LogP) is 2.46. The fourth-order valence-corrected chi connectivity index (χ4v) is 3.57. The molecule has 0 spiro atoms. The molecule has 0 saturated carbocycles. The number of nitrogens with zero attached hydrogens (tertiary/aromatic N) is 1. The van der Waals surface area contributed by atoms with Gasteiger partial charge in [0, 0.05) is 17.8 Å². The number of carbonyl (C=O) groups excluding carboxylic acids is 1. The molecule has 0 aliphatic rings. The standard InChI is InChI=1S/C16H15N3O4S/c1-10-6-11-4-3-5-14(15(11)18-8-10)24(21,22)19-12-7-13(17-9-12)16(20)23-2/h3-9,17,19H,1-2H3. The second kappa shape index (κ2) is 5.97. The number of rotatable bonds is 4. The molecule has 0 unspecified atom stereocenters. The molecule has 3 aromatic rings. The lowest BCUT2D eigenvalue weighted by molar-refractivity contribution is 0.0595. The van der Waals surface area contributed by atoms with E-state index in [2.05, 4.69) is 19.4 Å². The maximum atomic E-state index is 12.7. The third kappa shape index (κ3) is 2.95. The van der Waals surface area contributed by atoms with Gasteiger partial charge in [-0.2, -0.15) is 0 Å². The lowest BCUT2D eigenvalue weighted by Gasteiger charge is -2.09. The number of ether oxygens (including phenoxy) is 1. The fraction of sp³-hybridized carbons (Fsp3) is 0.125. The van der Waals surface area contributed by atoms with E-state index < -0.39 is 16.0 Å². The molecule has 0 fully saturated rings. The Kier molecular flexibility index (Phi) is 3.98. The van der Waals surface area contributed by atoms with Gasteiger partial charge in [-0.15, -0.1) is 0 Å². The number of anilines is 1. The Morgan fingerprint density at radius 3 is 2.83 bits per heavy atom. The number of para-hydroxylation sites is 1. The third-order valence-corrected chi connectivity index (χ3v) is 4.85. The van der Waals surface area contributed by atoms with Crippen molar-refractivity contribution in [2.24, 2.45) is 0 Å². The number of carbonyl (C=O) groups is 1. The Hall–Kier alpha value is -2.87. The third-order valence-electron chi connectivity index (χ3n) is 3.44. The number of nitrogens with one attached hydrogen (secondary N) is 2. The SMILES string of the molecule is COC(=O)c1cc(NS(=O)(=O)c2cccc3cc(C)cnc23)c[nH]1. The van der Waals surface area contributed by atoms with Gasteiger partial charge in [0.2, 0.25) is 0 Å². The summed E-state index contributed by atoms with van der Waals surface area (Å²) < 4.78 is 32.3. The van der Waals surface area contributed by atoms with Crippen molar-refractivity contribution in [3.8, 4) is 0 Å². The van der Waals surface area contributed by atoms with Crippen LogP contribution in [0.15, 0.2) is 47.6 Å². The average Bonchev–Trinajstić information content (AvgIpc) is 3.01. The minimum absolute atomic E-state index is 0.0702. The van der Waals surface area contributed by atoms with E-state index in [-0.39, 0.29) is 16.3 Å². The Morgan fingerprint density at radius 2 is 2.08 bits per heavy atom. The molecule has 124 valence electrons. The Bertz CT molecular complexity index is 1020. The summed E-state index contributed by atoms with van der Waals surface area (Å²) in [5, 5.41) is 0.738. The molecule has 2 heterocycles. The van der Waals surface area contributed by atoms with Crippen molar-refractivity contribution in [3.05, 3.63) is 54.0 Å². The molecule has 3 rings (SSSR count). The normalized spacial score (nSPS) is 11.4. The van der Waals surface area contributed by atoms with Crippen LogP contribution in [0.5, 0.6) is 0 Å². The minimum Gasteiger partial charge on any atom is -0.464 e. The molecular formula is C16H15N3O4S. The summed E-state index contributed by atoms with van der Waals surface area (Å²) in [6.45, 7) is 1.89. The van der Waals surface area contributed by atoms with Gasteiger partial charge in [-0.1, -0.05) is 12.1 Å². The summed E-state index contributed by atoms with van der Waals surface area (Å²) in [5.74, 6) is -0.581. The van der Waals surface area contributed by atoms with E-state index in [0.29, 0.717) is 5.52 Å². The van der Waals surface area contributed by atoms with Crippen LogP contribution < -0.4 is 4.72 Å². The zero-order chi connectivity index (χ0) is 17.3. The van der Waals surface area contributed by atoms with Crippen molar-refractivity contribution >= 4 is 32.6 Å². The first-order valence-corrected chi connectivity index (χ1v) is 8.54. The second-order valence-corrected chi connectivity index (χ2v) is 6.89. The second-order valence-electron chi connectivity index (χ2n) is 5.24. The lowest BCUT2D eigenvalue weighted by Crippen LogP contribution is -2.13. The smallest absolute Gasteiger partial charge is 0.354 e. The van der Waals surface area contributed by atoms with E-state index in [1.807, 2.05) is 13.0 Å². The fourth-order valence-electron chi connectivity index (χ4n) is 2.35. The molecule has 7 nitrogen and oxygen atoms in total. The number of aromatic amines is 1. The minimum atomic E-state index is -3.86. The largest absolute Gasteiger partial charge is 0.464 e. The summed E-state index contributed by atoms with van der Waals surface area (Å²) >= 11 is 0. The van der Waals surface area contributed by atoms with E-state index in [4.69, 9.17) is 0 Å². The topological polar surface area (TPSA) is 101 Å². The number of benzene rings is 1. The highest BCUT2D eigenvalue weighted by atomic mass is 32.2. The zero-order valence-corrected chi connectivity index (χ0v) is 13.8.